The molecule has 0 atom stereocenters. The molecule has 0 fully saturated rings. The van der Waals surface area contributed by atoms with Crippen molar-refractivity contribution in [2.24, 2.45) is 5.73 Å². The number of amides is 1. The Morgan fingerprint density at radius 2 is 2.31 bits per heavy atom. The molecule has 0 aromatic heterocycles. The summed E-state index contributed by atoms with van der Waals surface area (Å²) in [4.78, 5) is 12.4. The second-order valence-corrected chi connectivity index (χ2v) is 3.72. The Labute approximate surface area is 85.7 Å². The fraction of sp³-hybridized carbons (Fsp3) is 0.222. The van der Waals surface area contributed by atoms with E-state index in [2.05, 4.69) is 15.9 Å². The van der Waals surface area contributed by atoms with Gasteiger partial charge in [-0.15, -0.1) is 0 Å². The molecule has 0 aliphatic heterocycles. The third-order valence-corrected chi connectivity index (χ3v) is 2.14. The van der Waals surface area contributed by atoms with Gasteiger partial charge in [0.2, 0.25) is 5.91 Å². The normalized spacial score (nSPS) is 9.69. The molecule has 70 valence electrons. The van der Waals surface area contributed by atoms with E-state index in [0.29, 0.717) is 0 Å². The van der Waals surface area contributed by atoms with Crippen LogP contribution in [0.4, 0.5) is 5.69 Å². The second kappa shape index (κ2) is 4.28. The molecule has 0 saturated carbocycles. The van der Waals surface area contributed by atoms with Crippen LogP contribution in [0.1, 0.15) is 0 Å². The Hall–Kier alpha value is -1.03. The summed E-state index contributed by atoms with van der Waals surface area (Å²) in [5, 5.41) is 0. The first-order valence-electron chi connectivity index (χ1n) is 3.84. The molecule has 0 heterocycles. The summed E-state index contributed by atoms with van der Waals surface area (Å²) in [5.41, 5.74) is 6.04. The van der Waals surface area contributed by atoms with Crippen molar-refractivity contribution in [2.45, 2.75) is 0 Å². The Bertz CT molecular complexity index is 314. The van der Waals surface area contributed by atoms with E-state index >= 15 is 0 Å². The molecule has 3 nitrogen and oxygen atoms in total. The van der Waals surface area contributed by atoms with Gasteiger partial charge in [0.25, 0.3) is 0 Å². The maximum absolute atomic E-state index is 10.6. The van der Waals surface area contributed by atoms with Crippen LogP contribution in [0.25, 0.3) is 0 Å². The number of likely N-dealkylation sites (N-methyl/N-ethyl adjacent to an activating group) is 1. The van der Waals surface area contributed by atoms with E-state index in [1.807, 2.05) is 31.3 Å². The molecule has 4 heteroatoms. The third-order valence-electron chi connectivity index (χ3n) is 1.64. The first kappa shape index (κ1) is 10.1. The zero-order valence-electron chi connectivity index (χ0n) is 7.33. The van der Waals surface area contributed by atoms with Gasteiger partial charge in [-0.2, -0.15) is 0 Å². The molecular weight excluding hydrogens is 232 g/mol. The molecule has 0 aliphatic rings. The fourth-order valence-corrected chi connectivity index (χ4v) is 1.43. The first-order chi connectivity index (χ1) is 6.09. The minimum absolute atomic E-state index is 0.233. The van der Waals surface area contributed by atoms with Crippen LogP contribution in [0, 0.1) is 0 Å². The Morgan fingerprint density at radius 3 is 2.85 bits per heavy atom. The van der Waals surface area contributed by atoms with Gasteiger partial charge in [0, 0.05) is 17.2 Å². The monoisotopic (exact) mass is 242 g/mol. The van der Waals surface area contributed by atoms with Gasteiger partial charge in [-0.05, 0) is 18.2 Å². The van der Waals surface area contributed by atoms with E-state index in [1.54, 1.807) is 4.90 Å². The van der Waals surface area contributed by atoms with E-state index in [-0.39, 0.29) is 12.5 Å². The van der Waals surface area contributed by atoms with Crippen LogP contribution in [0.5, 0.6) is 0 Å². The molecule has 1 rings (SSSR count). The summed E-state index contributed by atoms with van der Waals surface area (Å²) in [7, 11) is 1.83. The Morgan fingerprint density at radius 1 is 1.62 bits per heavy atom. The lowest BCUT2D eigenvalue weighted by Crippen LogP contribution is -2.30. The minimum atomic E-state index is -0.331. The van der Waals surface area contributed by atoms with E-state index in [0.717, 1.165) is 10.2 Å². The van der Waals surface area contributed by atoms with Gasteiger partial charge >= 0.3 is 0 Å². The number of anilines is 1. The van der Waals surface area contributed by atoms with Crippen LogP contribution >= 0.6 is 15.9 Å². The number of rotatable bonds is 3. The number of carbonyl (C=O) groups excluding carboxylic acids is 1. The molecule has 0 bridgehead atoms. The zero-order chi connectivity index (χ0) is 9.84. The average Bonchev–Trinajstić information content (AvgIpc) is 2.03. The van der Waals surface area contributed by atoms with Crippen molar-refractivity contribution >= 4 is 27.5 Å². The molecule has 0 saturated heterocycles. The molecule has 1 aromatic carbocycles. The SMILES string of the molecule is CN(CC(N)=O)c1cccc(Br)c1. The number of carbonyl (C=O) groups is 1. The minimum Gasteiger partial charge on any atom is -0.368 e. The number of nitrogens with zero attached hydrogens (tertiary/aromatic N) is 1. The van der Waals surface area contributed by atoms with E-state index < -0.39 is 0 Å². The predicted molar refractivity (Wildman–Crippen MR) is 56.6 cm³/mol. The maximum atomic E-state index is 10.6. The highest BCUT2D eigenvalue weighted by Gasteiger charge is 2.03. The van der Waals surface area contributed by atoms with Crippen LogP contribution in [-0.4, -0.2) is 19.5 Å². The summed E-state index contributed by atoms with van der Waals surface area (Å²) in [6.07, 6.45) is 0. The summed E-state index contributed by atoms with van der Waals surface area (Å²) in [6.45, 7) is 0.233. The van der Waals surface area contributed by atoms with Crippen molar-refractivity contribution in [3.63, 3.8) is 0 Å². The molecular formula is C9H11BrN2O. The highest BCUT2D eigenvalue weighted by Crippen LogP contribution is 2.18. The van der Waals surface area contributed by atoms with Crippen LogP contribution in [0.15, 0.2) is 28.7 Å². The van der Waals surface area contributed by atoms with Crippen molar-refractivity contribution in [2.75, 3.05) is 18.5 Å². The van der Waals surface area contributed by atoms with Gasteiger partial charge in [0.15, 0.2) is 0 Å². The summed E-state index contributed by atoms with van der Waals surface area (Å²) in [6, 6.07) is 7.70. The quantitative estimate of drug-likeness (QED) is 0.871. The van der Waals surface area contributed by atoms with E-state index in [1.165, 1.54) is 0 Å². The zero-order valence-corrected chi connectivity index (χ0v) is 8.91. The number of nitrogens with two attached hydrogens (primary N) is 1. The van der Waals surface area contributed by atoms with Gasteiger partial charge in [-0.25, -0.2) is 0 Å². The van der Waals surface area contributed by atoms with Crippen LogP contribution in [0.2, 0.25) is 0 Å². The van der Waals surface area contributed by atoms with Crippen molar-refractivity contribution in [1.29, 1.82) is 0 Å². The molecule has 1 aromatic rings. The molecule has 0 radical (unpaired) electrons. The van der Waals surface area contributed by atoms with Gasteiger partial charge in [-0.3, -0.25) is 4.79 Å². The molecule has 0 spiro atoms. The standard InChI is InChI=1S/C9H11BrN2O/c1-12(6-9(11)13)8-4-2-3-7(10)5-8/h2-5H,6H2,1H3,(H2,11,13). The first-order valence-corrected chi connectivity index (χ1v) is 4.64. The van der Waals surface area contributed by atoms with Gasteiger partial charge < -0.3 is 10.6 Å². The van der Waals surface area contributed by atoms with Crippen LogP contribution in [0.3, 0.4) is 0 Å². The lowest BCUT2D eigenvalue weighted by Gasteiger charge is -2.17. The molecule has 13 heavy (non-hydrogen) atoms. The highest BCUT2D eigenvalue weighted by molar-refractivity contribution is 9.10. The second-order valence-electron chi connectivity index (χ2n) is 2.80. The molecule has 2 N–H and O–H groups in total. The van der Waals surface area contributed by atoms with Crippen LogP contribution in [-0.2, 0) is 4.79 Å². The van der Waals surface area contributed by atoms with Crippen molar-refractivity contribution < 1.29 is 4.79 Å². The summed E-state index contributed by atoms with van der Waals surface area (Å²) >= 11 is 3.35. The third kappa shape index (κ3) is 3.06. The molecule has 0 unspecified atom stereocenters. The lowest BCUT2D eigenvalue weighted by atomic mass is 10.3. The summed E-state index contributed by atoms with van der Waals surface area (Å²) in [5.74, 6) is -0.331. The van der Waals surface area contributed by atoms with Crippen molar-refractivity contribution in [3.05, 3.63) is 28.7 Å². The number of halogens is 1. The van der Waals surface area contributed by atoms with E-state index in [4.69, 9.17) is 5.73 Å². The number of hydrogen-bond acceptors (Lipinski definition) is 2. The maximum Gasteiger partial charge on any atom is 0.236 e. The van der Waals surface area contributed by atoms with Crippen LogP contribution < -0.4 is 10.6 Å². The van der Waals surface area contributed by atoms with Crippen molar-refractivity contribution in [3.8, 4) is 0 Å². The average molecular weight is 243 g/mol. The molecule has 1 amide bonds. The number of hydrogen-bond donors (Lipinski definition) is 1. The Balaban J connectivity index is 2.76. The fourth-order valence-electron chi connectivity index (χ4n) is 1.04. The smallest absolute Gasteiger partial charge is 0.236 e. The van der Waals surface area contributed by atoms with Gasteiger partial charge in [-0.1, -0.05) is 22.0 Å². The lowest BCUT2D eigenvalue weighted by molar-refractivity contribution is -0.116. The van der Waals surface area contributed by atoms with Crippen molar-refractivity contribution in [1.82, 2.24) is 0 Å². The van der Waals surface area contributed by atoms with E-state index in [9.17, 15) is 4.79 Å². The predicted octanol–water partition coefficient (Wildman–Crippen LogP) is 1.37. The van der Waals surface area contributed by atoms with Gasteiger partial charge in [0.1, 0.15) is 0 Å². The largest absolute Gasteiger partial charge is 0.368 e. The van der Waals surface area contributed by atoms with Gasteiger partial charge in [0.05, 0.1) is 6.54 Å². The molecule has 0 aliphatic carbocycles. The number of primary amides is 1. The highest BCUT2D eigenvalue weighted by atomic mass is 79.9. The number of benzene rings is 1. The topological polar surface area (TPSA) is 46.3 Å². The summed E-state index contributed by atoms with van der Waals surface area (Å²) < 4.78 is 0.987. The Kier molecular flexibility index (Phi) is 3.31.